The lowest BCUT2D eigenvalue weighted by Gasteiger charge is -2.36. The lowest BCUT2D eigenvalue weighted by atomic mass is 10.2. The van der Waals surface area contributed by atoms with Crippen LogP contribution in [-0.2, 0) is 4.43 Å². The molecule has 0 bridgehead atoms. The van der Waals surface area contributed by atoms with Gasteiger partial charge in [-0.15, -0.1) is 0 Å². The summed E-state index contributed by atoms with van der Waals surface area (Å²) in [6, 6.07) is 0. The summed E-state index contributed by atoms with van der Waals surface area (Å²) in [4.78, 5) is 0. The Bertz CT molecular complexity index is 190. The van der Waals surface area contributed by atoms with Crippen molar-refractivity contribution in [1.29, 1.82) is 0 Å². The second-order valence-corrected chi connectivity index (χ2v) is 10.6. The Kier molecular flexibility index (Phi) is 2.65. The summed E-state index contributed by atoms with van der Waals surface area (Å²) in [6.45, 7) is 11.6. The Morgan fingerprint density at radius 3 is 2.08 bits per heavy atom. The van der Waals surface area contributed by atoms with Crippen molar-refractivity contribution >= 4 is 8.32 Å². The topological polar surface area (TPSA) is 29.5 Å². The standard InChI is InChI=1S/C10H22O2Si/c1-9(2,3)13(4,5)12-8-10(11)6-7-10/h11H,6-8H2,1-5H3. The summed E-state index contributed by atoms with van der Waals surface area (Å²) in [6.07, 6.45) is 1.84. The molecule has 2 nitrogen and oxygen atoms in total. The SMILES string of the molecule is CC(C)(C)[Si](C)(C)OCC1(O)CC1. The highest BCUT2D eigenvalue weighted by molar-refractivity contribution is 6.74. The van der Waals surface area contributed by atoms with Crippen molar-refractivity contribution < 1.29 is 9.53 Å². The third kappa shape index (κ3) is 2.79. The first-order chi connectivity index (χ1) is 5.66. The summed E-state index contributed by atoms with van der Waals surface area (Å²) in [7, 11) is -1.63. The highest BCUT2D eigenvalue weighted by Crippen LogP contribution is 2.40. The first-order valence-corrected chi connectivity index (χ1v) is 7.94. The van der Waals surface area contributed by atoms with Crippen molar-refractivity contribution in [3.63, 3.8) is 0 Å². The first kappa shape index (κ1) is 11.2. The molecule has 1 saturated carbocycles. The van der Waals surface area contributed by atoms with E-state index in [-0.39, 0.29) is 5.04 Å². The van der Waals surface area contributed by atoms with Crippen molar-refractivity contribution in [2.24, 2.45) is 0 Å². The quantitative estimate of drug-likeness (QED) is 0.713. The van der Waals surface area contributed by atoms with E-state index in [4.69, 9.17) is 4.43 Å². The van der Waals surface area contributed by atoms with Gasteiger partial charge in [-0.1, -0.05) is 20.8 Å². The molecule has 0 unspecified atom stereocenters. The van der Waals surface area contributed by atoms with Crippen LogP contribution in [0.2, 0.25) is 18.1 Å². The minimum Gasteiger partial charge on any atom is -0.414 e. The van der Waals surface area contributed by atoms with Gasteiger partial charge in [-0.2, -0.15) is 0 Å². The molecule has 0 aromatic carbocycles. The number of rotatable bonds is 3. The molecule has 0 amide bonds. The van der Waals surface area contributed by atoms with Gasteiger partial charge < -0.3 is 9.53 Å². The largest absolute Gasteiger partial charge is 0.414 e. The molecule has 13 heavy (non-hydrogen) atoms. The monoisotopic (exact) mass is 202 g/mol. The van der Waals surface area contributed by atoms with Crippen LogP contribution in [0.3, 0.4) is 0 Å². The van der Waals surface area contributed by atoms with Crippen LogP contribution in [0.15, 0.2) is 0 Å². The molecule has 0 aromatic heterocycles. The van der Waals surface area contributed by atoms with Crippen molar-refractivity contribution in [3.8, 4) is 0 Å². The Hall–Kier alpha value is 0.137. The average Bonchev–Trinajstić information content (AvgIpc) is 2.63. The summed E-state index contributed by atoms with van der Waals surface area (Å²) >= 11 is 0. The van der Waals surface area contributed by atoms with E-state index in [1.54, 1.807) is 0 Å². The minimum absolute atomic E-state index is 0.248. The zero-order chi connectivity index (χ0) is 10.3. The van der Waals surface area contributed by atoms with Gasteiger partial charge in [-0.3, -0.25) is 0 Å². The summed E-state index contributed by atoms with van der Waals surface area (Å²) in [5.74, 6) is 0. The highest BCUT2D eigenvalue weighted by Gasteiger charge is 2.44. The van der Waals surface area contributed by atoms with Gasteiger partial charge in [0.2, 0.25) is 0 Å². The zero-order valence-electron chi connectivity index (χ0n) is 9.48. The third-order valence-electron chi connectivity index (χ3n) is 3.34. The van der Waals surface area contributed by atoms with Gasteiger partial charge in [0.05, 0.1) is 12.2 Å². The molecule has 1 rings (SSSR count). The maximum atomic E-state index is 9.66. The molecule has 1 aliphatic rings. The van der Waals surface area contributed by atoms with E-state index in [0.29, 0.717) is 6.61 Å². The molecule has 78 valence electrons. The maximum absolute atomic E-state index is 9.66. The molecule has 0 spiro atoms. The van der Waals surface area contributed by atoms with E-state index in [1.165, 1.54) is 0 Å². The molecule has 0 aliphatic heterocycles. The predicted octanol–water partition coefficient (Wildman–Crippen LogP) is 2.53. The van der Waals surface area contributed by atoms with Crippen molar-refractivity contribution in [2.75, 3.05) is 6.61 Å². The van der Waals surface area contributed by atoms with Gasteiger partial charge in [0.15, 0.2) is 8.32 Å². The lowest BCUT2D eigenvalue weighted by Crippen LogP contribution is -2.43. The fourth-order valence-electron chi connectivity index (χ4n) is 0.820. The van der Waals surface area contributed by atoms with Crippen LogP contribution < -0.4 is 0 Å². The van der Waals surface area contributed by atoms with Gasteiger partial charge in [-0.25, -0.2) is 0 Å². The van der Waals surface area contributed by atoms with E-state index >= 15 is 0 Å². The van der Waals surface area contributed by atoms with Crippen LogP contribution in [0.5, 0.6) is 0 Å². The van der Waals surface area contributed by atoms with E-state index < -0.39 is 13.9 Å². The Morgan fingerprint density at radius 2 is 1.77 bits per heavy atom. The molecule has 0 atom stereocenters. The number of hydrogen-bond acceptors (Lipinski definition) is 2. The number of hydrogen-bond donors (Lipinski definition) is 1. The van der Waals surface area contributed by atoms with E-state index in [2.05, 4.69) is 33.9 Å². The van der Waals surface area contributed by atoms with Gasteiger partial charge in [-0.05, 0) is 31.0 Å². The van der Waals surface area contributed by atoms with Crippen molar-refractivity contribution in [3.05, 3.63) is 0 Å². The molecule has 1 fully saturated rings. The Balaban J connectivity index is 2.42. The first-order valence-electron chi connectivity index (χ1n) is 5.03. The predicted molar refractivity (Wildman–Crippen MR) is 57.3 cm³/mol. The molecular weight excluding hydrogens is 180 g/mol. The molecule has 0 saturated heterocycles. The van der Waals surface area contributed by atoms with Gasteiger partial charge >= 0.3 is 0 Å². The maximum Gasteiger partial charge on any atom is 0.192 e. The van der Waals surface area contributed by atoms with Gasteiger partial charge in [0.1, 0.15) is 0 Å². The van der Waals surface area contributed by atoms with Gasteiger partial charge in [0.25, 0.3) is 0 Å². The fourth-order valence-corrected chi connectivity index (χ4v) is 1.88. The molecule has 0 aromatic rings. The molecule has 1 aliphatic carbocycles. The second-order valence-electron chi connectivity index (χ2n) is 5.77. The average molecular weight is 202 g/mol. The molecule has 0 heterocycles. The van der Waals surface area contributed by atoms with Crippen LogP contribution in [0.25, 0.3) is 0 Å². The molecule has 3 heteroatoms. The summed E-state index contributed by atoms with van der Waals surface area (Å²) < 4.78 is 5.91. The van der Waals surface area contributed by atoms with Crippen LogP contribution in [0.4, 0.5) is 0 Å². The smallest absolute Gasteiger partial charge is 0.192 e. The van der Waals surface area contributed by atoms with E-state index in [0.717, 1.165) is 12.8 Å². The van der Waals surface area contributed by atoms with E-state index in [9.17, 15) is 5.11 Å². The molecule has 0 radical (unpaired) electrons. The molecular formula is C10H22O2Si. The zero-order valence-corrected chi connectivity index (χ0v) is 10.5. The summed E-state index contributed by atoms with van der Waals surface area (Å²) in [5, 5.41) is 9.90. The molecule has 1 N–H and O–H groups in total. The Labute approximate surface area is 82.4 Å². The normalized spacial score (nSPS) is 21.7. The second kappa shape index (κ2) is 3.07. The Morgan fingerprint density at radius 1 is 1.31 bits per heavy atom. The summed E-state index contributed by atoms with van der Waals surface area (Å²) in [5.41, 5.74) is -0.463. The van der Waals surface area contributed by atoms with Crippen LogP contribution in [0, 0.1) is 0 Å². The number of aliphatic hydroxyl groups is 1. The highest BCUT2D eigenvalue weighted by atomic mass is 28.4. The van der Waals surface area contributed by atoms with Crippen LogP contribution in [-0.4, -0.2) is 25.6 Å². The lowest BCUT2D eigenvalue weighted by molar-refractivity contribution is 0.0787. The fraction of sp³-hybridized carbons (Fsp3) is 1.00. The van der Waals surface area contributed by atoms with Crippen LogP contribution >= 0.6 is 0 Å². The van der Waals surface area contributed by atoms with Crippen molar-refractivity contribution in [1.82, 2.24) is 0 Å². The third-order valence-corrected chi connectivity index (χ3v) is 7.81. The van der Waals surface area contributed by atoms with E-state index in [1.807, 2.05) is 0 Å². The van der Waals surface area contributed by atoms with Crippen LogP contribution in [0.1, 0.15) is 33.6 Å². The minimum atomic E-state index is -1.63. The van der Waals surface area contributed by atoms with Gasteiger partial charge in [0, 0.05) is 0 Å². The van der Waals surface area contributed by atoms with Crippen molar-refractivity contribution in [2.45, 2.75) is 57.3 Å².